The van der Waals surface area contributed by atoms with Crippen molar-refractivity contribution in [1.29, 1.82) is 0 Å². The second kappa shape index (κ2) is 7.97. The Morgan fingerprint density at radius 1 is 1.30 bits per heavy atom. The fraction of sp³-hybridized carbons (Fsp3) is 0.529. The maximum atomic E-state index is 12.0. The van der Waals surface area contributed by atoms with E-state index in [2.05, 4.69) is 23.5 Å². The molecular weight excluding hydrogens is 294 g/mol. The summed E-state index contributed by atoms with van der Waals surface area (Å²) < 4.78 is 6.09. The topological polar surface area (TPSA) is 84.7 Å². The minimum absolute atomic E-state index is 0.0124. The first-order chi connectivity index (χ1) is 11.0. The number of carbonyl (C=O) groups is 2. The molecule has 1 aromatic rings. The van der Waals surface area contributed by atoms with Crippen LogP contribution in [0, 0.1) is 13.8 Å². The number of rotatable bonds is 5. The van der Waals surface area contributed by atoms with Gasteiger partial charge in [0.1, 0.15) is 11.9 Å². The number of ether oxygens (including phenoxy) is 1. The Morgan fingerprint density at radius 3 is 2.65 bits per heavy atom. The van der Waals surface area contributed by atoms with Gasteiger partial charge in [0.25, 0.3) is 0 Å². The van der Waals surface area contributed by atoms with Gasteiger partial charge in [0.05, 0.1) is 13.1 Å². The van der Waals surface area contributed by atoms with Crippen molar-refractivity contribution in [2.45, 2.75) is 32.8 Å². The van der Waals surface area contributed by atoms with E-state index < -0.39 is 0 Å². The molecule has 1 aliphatic rings. The Hall–Kier alpha value is -2.08. The number of aryl methyl sites for hydroxylation is 2. The van der Waals surface area contributed by atoms with E-state index in [1.54, 1.807) is 4.90 Å². The highest BCUT2D eigenvalue weighted by atomic mass is 16.5. The average Bonchev–Trinajstić information content (AvgIpc) is 2.56. The maximum absolute atomic E-state index is 12.0. The lowest BCUT2D eigenvalue weighted by Crippen LogP contribution is -2.46. The molecule has 0 aliphatic carbocycles. The van der Waals surface area contributed by atoms with E-state index in [0.717, 1.165) is 24.2 Å². The van der Waals surface area contributed by atoms with E-state index in [9.17, 15) is 9.59 Å². The van der Waals surface area contributed by atoms with Crippen LogP contribution in [-0.4, -0.2) is 49.0 Å². The third-order valence-electron chi connectivity index (χ3n) is 4.05. The Kier molecular flexibility index (Phi) is 5.98. The highest BCUT2D eigenvalue weighted by Crippen LogP contribution is 2.23. The summed E-state index contributed by atoms with van der Waals surface area (Å²) in [5.74, 6) is 0.536. The van der Waals surface area contributed by atoms with Crippen molar-refractivity contribution in [3.8, 4) is 5.75 Å². The highest BCUT2D eigenvalue weighted by Gasteiger charge is 2.24. The number of nitrogens with two attached hydrogens (primary N) is 1. The smallest absolute Gasteiger partial charge is 0.241 e. The molecule has 0 aromatic heterocycles. The number of nitrogens with one attached hydrogen (secondary N) is 1. The van der Waals surface area contributed by atoms with Gasteiger partial charge in [-0.15, -0.1) is 0 Å². The van der Waals surface area contributed by atoms with E-state index in [-0.39, 0.29) is 31.0 Å². The minimum atomic E-state index is -0.313. The molecule has 0 radical (unpaired) electrons. The lowest BCUT2D eigenvalue weighted by molar-refractivity contribution is -0.134. The van der Waals surface area contributed by atoms with Gasteiger partial charge in [-0.1, -0.05) is 12.1 Å². The summed E-state index contributed by atoms with van der Waals surface area (Å²) in [6.45, 7) is 5.29. The first kappa shape index (κ1) is 17.3. The molecule has 1 aliphatic heterocycles. The van der Waals surface area contributed by atoms with Crippen molar-refractivity contribution < 1.29 is 14.3 Å². The van der Waals surface area contributed by atoms with Crippen molar-refractivity contribution in [1.82, 2.24) is 10.2 Å². The van der Waals surface area contributed by atoms with Crippen molar-refractivity contribution >= 4 is 11.8 Å². The number of benzene rings is 1. The van der Waals surface area contributed by atoms with Gasteiger partial charge in [0.15, 0.2) is 0 Å². The fourth-order valence-corrected chi connectivity index (χ4v) is 2.60. The summed E-state index contributed by atoms with van der Waals surface area (Å²) in [5, 5.41) is 2.51. The van der Waals surface area contributed by atoms with Gasteiger partial charge < -0.3 is 20.7 Å². The molecule has 1 aromatic carbocycles. The number of likely N-dealkylation sites (tertiary alicyclic amines) is 1. The molecule has 1 saturated heterocycles. The van der Waals surface area contributed by atoms with Gasteiger partial charge in [-0.3, -0.25) is 9.59 Å². The first-order valence-electron chi connectivity index (χ1n) is 7.98. The van der Waals surface area contributed by atoms with Crippen LogP contribution in [0.25, 0.3) is 0 Å². The molecule has 0 saturated carbocycles. The van der Waals surface area contributed by atoms with Crippen molar-refractivity contribution in [3.05, 3.63) is 29.3 Å². The summed E-state index contributed by atoms with van der Waals surface area (Å²) in [7, 11) is 0. The number of hydrogen-bond donors (Lipinski definition) is 2. The van der Waals surface area contributed by atoms with Crippen LogP contribution in [0.3, 0.4) is 0 Å². The molecule has 1 fully saturated rings. The number of piperidine rings is 1. The Morgan fingerprint density at radius 2 is 2.00 bits per heavy atom. The predicted octanol–water partition coefficient (Wildman–Crippen LogP) is 0.748. The Bertz CT molecular complexity index is 566. The molecule has 126 valence electrons. The largest absolute Gasteiger partial charge is 0.490 e. The lowest BCUT2D eigenvalue weighted by atomic mass is 10.1. The number of nitrogens with zero attached hydrogens (tertiary/aromatic N) is 1. The zero-order valence-corrected chi connectivity index (χ0v) is 13.8. The van der Waals surface area contributed by atoms with E-state index in [0.29, 0.717) is 13.1 Å². The van der Waals surface area contributed by atoms with Crippen LogP contribution >= 0.6 is 0 Å². The standard InChI is InChI=1S/C17H25N3O3/c1-12-3-4-13(2)15(9-12)23-14-5-7-20(8-6-14)17(22)11-19-16(21)10-18/h3-4,9,14H,5-8,10-11,18H2,1-2H3,(H,19,21). The lowest BCUT2D eigenvalue weighted by Gasteiger charge is -2.32. The minimum Gasteiger partial charge on any atom is -0.490 e. The molecule has 1 heterocycles. The van der Waals surface area contributed by atoms with Crippen molar-refractivity contribution in [3.63, 3.8) is 0 Å². The second-order valence-corrected chi connectivity index (χ2v) is 5.95. The van der Waals surface area contributed by atoms with Crippen LogP contribution in [0.15, 0.2) is 18.2 Å². The van der Waals surface area contributed by atoms with E-state index >= 15 is 0 Å². The average molecular weight is 319 g/mol. The number of carbonyl (C=O) groups excluding carboxylic acids is 2. The van der Waals surface area contributed by atoms with Crippen LogP contribution in [0.1, 0.15) is 24.0 Å². The van der Waals surface area contributed by atoms with Gasteiger partial charge in [0.2, 0.25) is 11.8 Å². The monoisotopic (exact) mass is 319 g/mol. The first-order valence-corrected chi connectivity index (χ1v) is 7.98. The molecular formula is C17H25N3O3. The molecule has 2 amide bonds. The molecule has 6 nitrogen and oxygen atoms in total. The molecule has 0 bridgehead atoms. The molecule has 23 heavy (non-hydrogen) atoms. The molecule has 2 rings (SSSR count). The zero-order chi connectivity index (χ0) is 16.8. The third-order valence-corrected chi connectivity index (χ3v) is 4.05. The Balaban J connectivity index is 1.80. The molecule has 0 atom stereocenters. The van der Waals surface area contributed by atoms with Gasteiger partial charge in [-0.2, -0.15) is 0 Å². The number of hydrogen-bond acceptors (Lipinski definition) is 4. The van der Waals surface area contributed by atoms with Gasteiger partial charge >= 0.3 is 0 Å². The molecule has 6 heteroatoms. The quantitative estimate of drug-likeness (QED) is 0.839. The normalized spacial score (nSPS) is 15.3. The summed E-state index contributed by atoms with van der Waals surface area (Å²) >= 11 is 0. The van der Waals surface area contributed by atoms with E-state index in [1.807, 2.05) is 13.8 Å². The highest BCUT2D eigenvalue weighted by molar-refractivity contribution is 5.85. The van der Waals surface area contributed by atoms with E-state index in [1.165, 1.54) is 5.56 Å². The zero-order valence-electron chi connectivity index (χ0n) is 13.8. The van der Waals surface area contributed by atoms with Crippen molar-refractivity contribution in [2.75, 3.05) is 26.2 Å². The Labute approximate surface area is 137 Å². The fourth-order valence-electron chi connectivity index (χ4n) is 2.60. The van der Waals surface area contributed by atoms with Crippen molar-refractivity contribution in [2.24, 2.45) is 5.73 Å². The van der Waals surface area contributed by atoms with Crippen LogP contribution in [0.5, 0.6) is 5.75 Å². The van der Waals surface area contributed by atoms with Gasteiger partial charge in [-0.25, -0.2) is 0 Å². The SMILES string of the molecule is Cc1ccc(C)c(OC2CCN(C(=O)CNC(=O)CN)CC2)c1. The summed E-state index contributed by atoms with van der Waals surface area (Å²) in [6.07, 6.45) is 1.71. The van der Waals surface area contributed by atoms with E-state index in [4.69, 9.17) is 10.5 Å². The number of amides is 2. The second-order valence-electron chi connectivity index (χ2n) is 5.95. The third kappa shape index (κ3) is 4.96. The molecule has 3 N–H and O–H groups in total. The van der Waals surface area contributed by atoms with Crippen LogP contribution < -0.4 is 15.8 Å². The summed E-state index contributed by atoms with van der Waals surface area (Å²) in [4.78, 5) is 24.9. The molecule has 0 spiro atoms. The van der Waals surface area contributed by atoms with Crippen LogP contribution in [-0.2, 0) is 9.59 Å². The van der Waals surface area contributed by atoms with Crippen LogP contribution in [0.4, 0.5) is 0 Å². The van der Waals surface area contributed by atoms with Gasteiger partial charge in [0, 0.05) is 25.9 Å². The van der Waals surface area contributed by atoms with Crippen LogP contribution in [0.2, 0.25) is 0 Å². The summed E-state index contributed by atoms with van der Waals surface area (Å²) in [6, 6.07) is 6.18. The maximum Gasteiger partial charge on any atom is 0.241 e. The molecule has 0 unspecified atom stereocenters. The summed E-state index contributed by atoms with van der Waals surface area (Å²) in [5.41, 5.74) is 7.50. The predicted molar refractivity (Wildman–Crippen MR) is 88.2 cm³/mol. The van der Waals surface area contributed by atoms with Gasteiger partial charge in [-0.05, 0) is 31.0 Å².